The number of aromatic nitrogens is 1. The molecule has 0 atom stereocenters. The fraction of sp³-hybridized carbons (Fsp3) is 0.444. The summed E-state index contributed by atoms with van der Waals surface area (Å²) in [5.41, 5.74) is 1.62. The molecule has 1 heterocycles. The van der Waals surface area contributed by atoms with E-state index in [2.05, 4.69) is 4.98 Å². The third-order valence-corrected chi connectivity index (χ3v) is 1.56. The molecule has 0 amide bonds. The van der Waals surface area contributed by atoms with Crippen molar-refractivity contribution >= 4 is 0 Å². The molecular formula is C9H11F2N. The highest BCUT2D eigenvalue weighted by Gasteiger charge is 2.03. The number of hydrogen-bond donors (Lipinski definition) is 0. The summed E-state index contributed by atoms with van der Waals surface area (Å²) < 4.78 is 23.6. The maximum Gasteiger partial charge on any atom is 0.239 e. The van der Waals surface area contributed by atoms with E-state index in [4.69, 9.17) is 0 Å². The highest BCUT2D eigenvalue weighted by Crippen LogP contribution is 2.06. The molecule has 0 radical (unpaired) electrons. The predicted molar refractivity (Wildman–Crippen MR) is 43.3 cm³/mol. The van der Waals surface area contributed by atoms with Crippen LogP contribution >= 0.6 is 0 Å². The zero-order valence-corrected chi connectivity index (χ0v) is 6.93. The van der Waals surface area contributed by atoms with E-state index >= 15 is 0 Å². The number of alkyl halides is 2. The van der Waals surface area contributed by atoms with Crippen LogP contribution < -0.4 is 0 Å². The first-order chi connectivity index (χ1) is 5.68. The van der Waals surface area contributed by atoms with E-state index in [0.717, 1.165) is 11.4 Å². The Morgan fingerprint density at radius 1 is 1.42 bits per heavy atom. The Balaban J connectivity index is 2.52. The van der Waals surface area contributed by atoms with Crippen LogP contribution in [0.2, 0.25) is 0 Å². The van der Waals surface area contributed by atoms with Crippen LogP contribution in [0.25, 0.3) is 0 Å². The van der Waals surface area contributed by atoms with E-state index in [1.165, 1.54) is 0 Å². The summed E-state index contributed by atoms with van der Waals surface area (Å²) in [5.74, 6) is 0. The topological polar surface area (TPSA) is 12.9 Å². The zero-order valence-electron chi connectivity index (χ0n) is 6.93. The fourth-order valence-corrected chi connectivity index (χ4v) is 0.996. The van der Waals surface area contributed by atoms with Gasteiger partial charge in [-0.1, -0.05) is 6.07 Å². The van der Waals surface area contributed by atoms with Gasteiger partial charge in [0.25, 0.3) is 0 Å². The number of rotatable bonds is 3. The van der Waals surface area contributed by atoms with Gasteiger partial charge >= 0.3 is 0 Å². The molecular weight excluding hydrogens is 160 g/mol. The summed E-state index contributed by atoms with van der Waals surface area (Å²) >= 11 is 0. The second-order valence-corrected chi connectivity index (χ2v) is 2.70. The largest absolute Gasteiger partial charge is 0.258 e. The van der Waals surface area contributed by atoms with Crippen molar-refractivity contribution in [3.63, 3.8) is 0 Å². The summed E-state index contributed by atoms with van der Waals surface area (Å²) in [6.45, 7) is 1.85. The molecule has 0 fully saturated rings. The molecule has 0 aliphatic heterocycles. The van der Waals surface area contributed by atoms with E-state index in [0.29, 0.717) is 6.42 Å². The second-order valence-electron chi connectivity index (χ2n) is 2.70. The molecule has 0 spiro atoms. The second kappa shape index (κ2) is 4.14. The fourth-order valence-electron chi connectivity index (χ4n) is 0.996. The van der Waals surface area contributed by atoms with Gasteiger partial charge in [0.05, 0.1) is 0 Å². The van der Waals surface area contributed by atoms with Gasteiger partial charge in [0.1, 0.15) is 0 Å². The Labute approximate surface area is 70.4 Å². The average Bonchev–Trinajstić information content (AvgIpc) is 2.01. The van der Waals surface area contributed by atoms with Crippen LogP contribution in [0.1, 0.15) is 17.8 Å². The van der Waals surface area contributed by atoms with Crippen molar-refractivity contribution in [2.24, 2.45) is 0 Å². The molecule has 0 aromatic carbocycles. The van der Waals surface area contributed by atoms with Gasteiger partial charge in [-0.05, 0) is 25.5 Å². The van der Waals surface area contributed by atoms with Crippen LogP contribution in [-0.2, 0) is 6.42 Å². The molecule has 0 N–H and O–H groups in total. The third kappa shape index (κ3) is 2.95. The maximum absolute atomic E-state index is 11.8. The molecule has 0 aliphatic carbocycles. The molecule has 0 unspecified atom stereocenters. The molecule has 0 saturated carbocycles. The van der Waals surface area contributed by atoms with Crippen molar-refractivity contribution in [3.05, 3.63) is 29.6 Å². The summed E-state index contributed by atoms with van der Waals surface area (Å²) in [7, 11) is 0. The molecule has 0 aliphatic rings. The minimum absolute atomic E-state index is 0.101. The minimum Gasteiger partial charge on any atom is -0.258 e. The molecule has 0 bridgehead atoms. The quantitative estimate of drug-likeness (QED) is 0.681. The van der Waals surface area contributed by atoms with E-state index in [9.17, 15) is 8.78 Å². The molecule has 12 heavy (non-hydrogen) atoms. The predicted octanol–water partition coefficient (Wildman–Crippen LogP) is 2.59. The lowest BCUT2D eigenvalue weighted by atomic mass is 10.2. The molecule has 1 nitrogen and oxygen atoms in total. The SMILES string of the molecule is Cc1cccc(CCC(F)F)n1. The summed E-state index contributed by atoms with van der Waals surface area (Å²) in [5, 5.41) is 0. The van der Waals surface area contributed by atoms with Gasteiger partial charge < -0.3 is 0 Å². The Morgan fingerprint density at radius 2 is 2.17 bits per heavy atom. The van der Waals surface area contributed by atoms with Crippen molar-refractivity contribution < 1.29 is 8.78 Å². The minimum atomic E-state index is -2.23. The highest BCUT2D eigenvalue weighted by atomic mass is 19.3. The maximum atomic E-state index is 11.8. The van der Waals surface area contributed by atoms with Crippen molar-refractivity contribution in [2.75, 3.05) is 0 Å². The number of hydrogen-bond acceptors (Lipinski definition) is 1. The summed E-state index contributed by atoms with van der Waals surface area (Å²) in [6.07, 6.45) is -1.97. The first-order valence-corrected chi connectivity index (χ1v) is 3.89. The first-order valence-electron chi connectivity index (χ1n) is 3.89. The lowest BCUT2D eigenvalue weighted by Crippen LogP contribution is -1.97. The van der Waals surface area contributed by atoms with Crippen LogP contribution in [0.3, 0.4) is 0 Å². The molecule has 1 aromatic heterocycles. The van der Waals surface area contributed by atoms with Crippen molar-refractivity contribution in [3.8, 4) is 0 Å². The number of pyridine rings is 1. The van der Waals surface area contributed by atoms with Gasteiger partial charge in [0.15, 0.2) is 0 Å². The monoisotopic (exact) mass is 171 g/mol. The summed E-state index contributed by atoms with van der Waals surface area (Å²) in [4.78, 5) is 4.11. The van der Waals surface area contributed by atoms with Gasteiger partial charge in [-0.25, -0.2) is 8.78 Å². The van der Waals surface area contributed by atoms with Gasteiger partial charge in [-0.15, -0.1) is 0 Å². The number of aryl methyl sites for hydroxylation is 2. The number of nitrogens with zero attached hydrogens (tertiary/aromatic N) is 1. The van der Waals surface area contributed by atoms with Gasteiger partial charge in [-0.2, -0.15) is 0 Å². The van der Waals surface area contributed by atoms with Crippen LogP contribution in [-0.4, -0.2) is 11.4 Å². The molecule has 3 heteroatoms. The molecule has 1 rings (SSSR count). The molecule has 1 aromatic rings. The Morgan fingerprint density at radius 3 is 2.75 bits per heavy atom. The zero-order chi connectivity index (χ0) is 8.97. The lowest BCUT2D eigenvalue weighted by Gasteiger charge is -2.00. The Bertz CT molecular complexity index is 248. The van der Waals surface area contributed by atoms with Crippen LogP contribution in [0.4, 0.5) is 8.78 Å². The lowest BCUT2D eigenvalue weighted by molar-refractivity contribution is 0.137. The van der Waals surface area contributed by atoms with E-state index < -0.39 is 6.43 Å². The van der Waals surface area contributed by atoms with Gasteiger partial charge in [-0.3, -0.25) is 4.98 Å². The van der Waals surface area contributed by atoms with Crippen molar-refractivity contribution in [2.45, 2.75) is 26.2 Å². The van der Waals surface area contributed by atoms with E-state index in [1.807, 2.05) is 19.1 Å². The Kier molecular flexibility index (Phi) is 3.14. The van der Waals surface area contributed by atoms with Crippen LogP contribution in [0, 0.1) is 6.92 Å². The molecule has 0 saturated heterocycles. The van der Waals surface area contributed by atoms with Crippen LogP contribution in [0.5, 0.6) is 0 Å². The molecule has 66 valence electrons. The third-order valence-electron chi connectivity index (χ3n) is 1.56. The van der Waals surface area contributed by atoms with E-state index in [-0.39, 0.29) is 6.42 Å². The first kappa shape index (κ1) is 9.10. The average molecular weight is 171 g/mol. The highest BCUT2D eigenvalue weighted by molar-refractivity contribution is 5.09. The van der Waals surface area contributed by atoms with Gasteiger partial charge in [0.2, 0.25) is 6.43 Å². The van der Waals surface area contributed by atoms with Crippen LogP contribution in [0.15, 0.2) is 18.2 Å². The van der Waals surface area contributed by atoms with Crippen molar-refractivity contribution in [1.82, 2.24) is 4.98 Å². The normalized spacial score (nSPS) is 10.7. The standard InChI is InChI=1S/C9H11F2N/c1-7-3-2-4-8(12-7)5-6-9(10)11/h2-4,9H,5-6H2,1H3. The smallest absolute Gasteiger partial charge is 0.239 e. The van der Waals surface area contributed by atoms with Gasteiger partial charge in [0, 0.05) is 17.8 Å². The van der Waals surface area contributed by atoms with E-state index in [1.54, 1.807) is 6.07 Å². The Hall–Kier alpha value is -0.990. The summed E-state index contributed by atoms with van der Waals surface area (Å²) in [6, 6.07) is 5.46. The van der Waals surface area contributed by atoms with Crippen molar-refractivity contribution in [1.29, 1.82) is 0 Å². The number of halogens is 2.